The average molecular weight is 365 g/mol. The summed E-state index contributed by atoms with van der Waals surface area (Å²) in [5.74, 6) is -0.169. The highest BCUT2D eigenvalue weighted by molar-refractivity contribution is 5.95. The van der Waals surface area contributed by atoms with Gasteiger partial charge in [-0.05, 0) is 24.1 Å². The summed E-state index contributed by atoms with van der Waals surface area (Å²) >= 11 is 0. The summed E-state index contributed by atoms with van der Waals surface area (Å²) in [7, 11) is 0. The molecule has 3 rings (SSSR count). The van der Waals surface area contributed by atoms with Crippen LogP contribution in [0.15, 0.2) is 61.2 Å². The quantitative estimate of drug-likeness (QED) is 0.512. The number of nitrogens with one attached hydrogen (secondary N) is 1. The lowest BCUT2D eigenvalue weighted by Crippen LogP contribution is -2.28. The number of rotatable bonds is 7. The van der Waals surface area contributed by atoms with Gasteiger partial charge in [0.05, 0.1) is 4.92 Å². The maximum absolute atomic E-state index is 12.5. The zero-order chi connectivity index (χ0) is 19.2. The number of amides is 1. The molecule has 0 spiro atoms. The van der Waals surface area contributed by atoms with Crippen molar-refractivity contribution in [1.82, 2.24) is 20.1 Å². The number of benzene rings is 2. The number of aromatic nitrogens is 3. The second-order valence-corrected chi connectivity index (χ2v) is 6.03. The molecule has 1 atom stereocenters. The van der Waals surface area contributed by atoms with Crippen LogP contribution >= 0.6 is 0 Å². The van der Waals surface area contributed by atoms with Gasteiger partial charge in [0.15, 0.2) is 0 Å². The zero-order valence-corrected chi connectivity index (χ0v) is 14.8. The first-order valence-electron chi connectivity index (χ1n) is 8.56. The predicted octanol–water partition coefficient (Wildman–Crippen LogP) is 3.10. The van der Waals surface area contributed by atoms with Gasteiger partial charge in [-0.1, -0.05) is 37.3 Å². The van der Waals surface area contributed by atoms with Crippen LogP contribution in [0.2, 0.25) is 0 Å². The molecule has 3 aromatic rings. The molecule has 8 nitrogen and oxygen atoms in total. The molecule has 1 aromatic heterocycles. The Morgan fingerprint density at radius 1 is 1.26 bits per heavy atom. The van der Waals surface area contributed by atoms with Crippen molar-refractivity contribution < 1.29 is 9.72 Å². The molecule has 0 fully saturated rings. The Morgan fingerprint density at radius 2 is 2.04 bits per heavy atom. The molecule has 1 heterocycles. The molecule has 0 saturated heterocycles. The van der Waals surface area contributed by atoms with E-state index in [1.54, 1.807) is 6.07 Å². The van der Waals surface area contributed by atoms with Crippen LogP contribution in [0.4, 0.5) is 5.69 Å². The largest absolute Gasteiger partial charge is 0.351 e. The molecular weight excluding hydrogens is 346 g/mol. The van der Waals surface area contributed by atoms with Gasteiger partial charge in [-0.25, -0.2) is 9.67 Å². The second-order valence-electron chi connectivity index (χ2n) is 6.03. The van der Waals surface area contributed by atoms with Crippen LogP contribution in [0.3, 0.4) is 0 Å². The first-order chi connectivity index (χ1) is 13.1. The average Bonchev–Trinajstić information content (AvgIpc) is 3.23. The molecule has 0 radical (unpaired) electrons. The van der Waals surface area contributed by atoms with E-state index in [1.165, 1.54) is 29.5 Å². The Hall–Kier alpha value is -3.55. The van der Waals surface area contributed by atoms with Crippen LogP contribution < -0.4 is 5.32 Å². The van der Waals surface area contributed by atoms with Gasteiger partial charge in [0, 0.05) is 24.1 Å². The van der Waals surface area contributed by atoms with E-state index in [-0.39, 0.29) is 28.8 Å². The van der Waals surface area contributed by atoms with Gasteiger partial charge in [-0.2, -0.15) is 5.10 Å². The van der Waals surface area contributed by atoms with E-state index in [9.17, 15) is 14.9 Å². The number of nitrogens with zero attached hydrogens (tertiary/aromatic N) is 4. The molecule has 0 unspecified atom stereocenters. The van der Waals surface area contributed by atoms with Gasteiger partial charge in [-0.15, -0.1) is 0 Å². The molecule has 0 aliphatic heterocycles. The zero-order valence-electron chi connectivity index (χ0n) is 14.8. The lowest BCUT2D eigenvalue weighted by molar-refractivity contribution is -0.384. The highest BCUT2D eigenvalue weighted by atomic mass is 16.6. The minimum atomic E-state index is -0.535. The van der Waals surface area contributed by atoms with Crippen molar-refractivity contribution in [3.63, 3.8) is 0 Å². The summed E-state index contributed by atoms with van der Waals surface area (Å²) in [4.78, 5) is 27.2. The Labute approximate surface area is 156 Å². The molecule has 0 bridgehead atoms. The van der Waals surface area contributed by atoms with Crippen molar-refractivity contribution in [2.75, 3.05) is 6.54 Å². The molecule has 27 heavy (non-hydrogen) atoms. The fraction of sp³-hybridized carbons (Fsp3) is 0.211. The summed E-state index contributed by atoms with van der Waals surface area (Å²) in [6.07, 6.45) is 3.53. The van der Waals surface area contributed by atoms with Gasteiger partial charge in [0.2, 0.25) is 0 Å². The van der Waals surface area contributed by atoms with Crippen molar-refractivity contribution >= 4 is 11.6 Å². The summed E-state index contributed by atoms with van der Waals surface area (Å²) < 4.78 is 1.29. The predicted molar refractivity (Wildman–Crippen MR) is 99.8 cm³/mol. The lowest BCUT2D eigenvalue weighted by atomic mass is 9.96. The Morgan fingerprint density at radius 3 is 2.67 bits per heavy atom. The van der Waals surface area contributed by atoms with E-state index in [1.807, 2.05) is 30.3 Å². The molecule has 138 valence electrons. The number of hydrogen-bond acceptors (Lipinski definition) is 5. The van der Waals surface area contributed by atoms with Crippen molar-refractivity contribution in [3.05, 3.63) is 82.4 Å². The summed E-state index contributed by atoms with van der Waals surface area (Å²) in [5, 5.41) is 18.2. The normalized spacial score (nSPS) is 11.7. The van der Waals surface area contributed by atoms with Crippen molar-refractivity contribution in [3.8, 4) is 5.69 Å². The highest BCUT2D eigenvalue weighted by Crippen LogP contribution is 2.24. The van der Waals surface area contributed by atoms with Crippen LogP contribution in [-0.2, 0) is 0 Å². The maximum atomic E-state index is 12.5. The monoisotopic (exact) mass is 365 g/mol. The van der Waals surface area contributed by atoms with Gasteiger partial charge in [0.1, 0.15) is 18.3 Å². The third-order valence-electron chi connectivity index (χ3n) is 4.37. The Kier molecular flexibility index (Phi) is 5.55. The first kappa shape index (κ1) is 18.2. The van der Waals surface area contributed by atoms with Crippen molar-refractivity contribution in [1.29, 1.82) is 0 Å². The summed E-state index contributed by atoms with van der Waals surface area (Å²) in [6, 6.07) is 14.2. The van der Waals surface area contributed by atoms with Gasteiger partial charge in [-0.3, -0.25) is 14.9 Å². The third-order valence-corrected chi connectivity index (χ3v) is 4.37. The van der Waals surface area contributed by atoms with E-state index >= 15 is 0 Å². The Bertz CT molecular complexity index is 926. The lowest BCUT2D eigenvalue weighted by Gasteiger charge is -2.16. The van der Waals surface area contributed by atoms with Gasteiger partial charge < -0.3 is 5.32 Å². The Balaban J connectivity index is 1.77. The van der Waals surface area contributed by atoms with E-state index in [0.717, 1.165) is 12.0 Å². The molecule has 1 N–H and O–H groups in total. The minimum Gasteiger partial charge on any atom is -0.351 e. The fourth-order valence-corrected chi connectivity index (χ4v) is 2.88. The minimum absolute atomic E-state index is 0.180. The van der Waals surface area contributed by atoms with Crippen molar-refractivity contribution in [2.24, 2.45) is 0 Å². The molecular formula is C19H19N5O3. The van der Waals surface area contributed by atoms with Crippen molar-refractivity contribution in [2.45, 2.75) is 19.3 Å². The number of hydrogen-bond donors (Lipinski definition) is 1. The first-order valence-corrected chi connectivity index (χ1v) is 8.56. The highest BCUT2D eigenvalue weighted by Gasteiger charge is 2.20. The van der Waals surface area contributed by atoms with Crippen LogP contribution in [0.5, 0.6) is 0 Å². The SMILES string of the molecule is CC[C@H](CNC(=O)c1ccc(-n2cncn2)c([N+](=O)[O-])c1)c1ccccc1. The maximum Gasteiger partial charge on any atom is 0.295 e. The smallest absolute Gasteiger partial charge is 0.295 e. The van der Waals surface area contributed by atoms with E-state index in [0.29, 0.717) is 6.54 Å². The summed E-state index contributed by atoms with van der Waals surface area (Å²) in [5.41, 5.74) is 1.43. The van der Waals surface area contributed by atoms with Crippen LogP contribution in [0, 0.1) is 10.1 Å². The standard InChI is InChI=1S/C19H19N5O3/c1-2-14(15-6-4-3-5-7-15)11-21-19(25)16-8-9-17(18(10-16)24(26)27)23-13-20-12-22-23/h3-10,12-14H,2,11H2,1H3,(H,21,25)/t14-/m1/s1. The molecule has 1 amide bonds. The van der Waals surface area contributed by atoms with Crippen LogP contribution in [-0.4, -0.2) is 32.1 Å². The van der Waals surface area contributed by atoms with E-state index in [4.69, 9.17) is 0 Å². The molecule has 2 aromatic carbocycles. The van der Waals surface area contributed by atoms with E-state index < -0.39 is 4.92 Å². The molecule has 0 aliphatic rings. The number of nitro benzene ring substituents is 1. The fourth-order valence-electron chi connectivity index (χ4n) is 2.88. The van der Waals surface area contributed by atoms with Crippen LogP contribution in [0.25, 0.3) is 5.69 Å². The van der Waals surface area contributed by atoms with Gasteiger partial charge in [0.25, 0.3) is 11.6 Å². The molecule has 0 saturated carbocycles. The van der Waals surface area contributed by atoms with Gasteiger partial charge >= 0.3 is 0 Å². The topological polar surface area (TPSA) is 103 Å². The molecule has 8 heteroatoms. The number of carbonyl (C=O) groups excluding carboxylic acids is 1. The van der Waals surface area contributed by atoms with E-state index in [2.05, 4.69) is 22.3 Å². The second kappa shape index (κ2) is 8.22. The number of nitro groups is 1. The third kappa shape index (κ3) is 4.17. The number of carbonyl (C=O) groups is 1. The van der Waals surface area contributed by atoms with Crippen LogP contribution in [0.1, 0.15) is 35.2 Å². The summed E-state index contributed by atoms with van der Waals surface area (Å²) in [6.45, 7) is 2.51. The molecule has 0 aliphatic carbocycles.